The van der Waals surface area contributed by atoms with E-state index < -0.39 is 0 Å². The molecule has 29 heavy (non-hydrogen) atoms. The van der Waals surface area contributed by atoms with Crippen molar-refractivity contribution in [1.29, 1.82) is 0 Å². The first kappa shape index (κ1) is 20.7. The monoisotopic (exact) mass is 386 g/mol. The fourth-order valence-electron chi connectivity index (χ4n) is 3.59. The molecule has 0 saturated heterocycles. The summed E-state index contributed by atoms with van der Waals surface area (Å²) < 4.78 is 0. The topological polar surface area (TPSA) is 32.3 Å². The van der Waals surface area contributed by atoms with Gasteiger partial charge in [-0.05, 0) is 55.0 Å². The zero-order chi connectivity index (χ0) is 20.3. The van der Waals surface area contributed by atoms with Crippen LogP contribution in [-0.4, -0.2) is 19.0 Å². The Morgan fingerprint density at radius 2 is 1.31 bits per heavy atom. The van der Waals surface area contributed by atoms with Gasteiger partial charge in [0.25, 0.3) is 0 Å². The maximum absolute atomic E-state index is 11.4. The number of nitrogens with one attached hydrogen (secondary N) is 1. The van der Waals surface area contributed by atoms with Gasteiger partial charge in [0.2, 0.25) is 5.91 Å². The highest BCUT2D eigenvalue weighted by atomic mass is 16.1. The molecule has 1 amide bonds. The molecule has 0 atom stereocenters. The molecule has 3 rings (SSSR count). The van der Waals surface area contributed by atoms with E-state index in [1.165, 1.54) is 11.1 Å². The van der Waals surface area contributed by atoms with Crippen LogP contribution >= 0.6 is 0 Å². The number of carbonyl (C=O) groups is 1. The zero-order valence-corrected chi connectivity index (χ0v) is 17.2. The molecule has 0 bridgehead atoms. The van der Waals surface area contributed by atoms with Crippen LogP contribution in [0, 0.1) is 0 Å². The maximum Gasteiger partial charge on any atom is 0.221 e. The van der Waals surface area contributed by atoms with Gasteiger partial charge in [-0.25, -0.2) is 0 Å². The Morgan fingerprint density at radius 3 is 1.83 bits per heavy atom. The summed E-state index contributed by atoms with van der Waals surface area (Å²) in [6.07, 6.45) is 4.34. The molecule has 3 aromatic carbocycles. The highest BCUT2D eigenvalue weighted by molar-refractivity contribution is 5.89. The summed E-state index contributed by atoms with van der Waals surface area (Å²) in [7, 11) is 0. The number of rotatable bonds is 10. The molecule has 150 valence electrons. The normalized spacial score (nSPS) is 10.5. The van der Waals surface area contributed by atoms with E-state index in [1.54, 1.807) is 6.92 Å². The van der Waals surface area contributed by atoms with Gasteiger partial charge < -0.3 is 10.2 Å². The summed E-state index contributed by atoms with van der Waals surface area (Å²) in [5, 5.41) is 2.90. The molecular weight excluding hydrogens is 356 g/mol. The van der Waals surface area contributed by atoms with Crippen molar-refractivity contribution in [3.05, 3.63) is 96.1 Å². The number of carbonyl (C=O) groups excluding carboxylic acids is 1. The van der Waals surface area contributed by atoms with E-state index in [1.807, 2.05) is 12.1 Å². The number of anilines is 2. The number of hydrogen-bond donors (Lipinski definition) is 1. The summed E-state index contributed by atoms with van der Waals surface area (Å²) in [5.41, 5.74) is 4.77. The van der Waals surface area contributed by atoms with Gasteiger partial charge in [-0.3, -0.25) is 4.79 Å². The van der Waals surface area contributed by atoms with Crippen molar-refractivity contribution in [3.8, 4) is 0 Å². The molecule has 0 heterocycles. The van der Waals surface area contributed by atoms with Crippen molar-refractivity contribution in [3.63, 3.8) is 0 Å². The molecule has 0 aliphatic rings. The van der Waals surface area contributed by atoms with Gasteiger partial charge in [0.1, 0.15) is 0 Å². The zero-order valence-electron chi connectivity index (χ0n) is 17.2. The minimum absolute atomic E-state index is 0.0399. The van der Waals surface area contributed by atoms with E-state index in [4.69, 9.17) is 0 Å². The van der Waals surface area contributed by atoms with E-state index in [9.17, 15) is 4.79 Å². The molecule has 1 N–H and O–H groups in total. The Bertz CT molecular complexity index is 832. The van der Waals surface area contributed by atoms with Crippen LogP contribution in [0.15, 0.2) is 84.9 Å². The second kappa shape index (κ2) is 11.1. The second-order valence-corrected chi connectivity index (χ2v) is 7.40. The van der Waals surface area contributed by atoms with E-state index in [0.29, 0.717) is 0 Å². The Balaban J connectivity index is 1.64. The predicted octanol–water partition coefficient (Wildman–Crippen LogP) is 5.72. The van der Waals surface area contributed by atoms with Crippen molar-refractivity contribution in [2.24, 2.45) is 0 Å². The first-order chi connectivity index (χ1) is 14.2. The summed E-state index contributed by atoms with van der Waals surface area (Å²) >= 11 is 0. The number of hydrogen-bond acceptors (Lipinski definition) is 2. The van der Waals surface area contributed by atoms with Crippen molar-refractivity contribution < 1.29 is 4.79 Å². The highest BCUT2D eigenvalue weighted by Gasteiger charge is 2.08. The Morgan fingerprint density at radius 1 is 0.759 bits per heavy atom. The third-order valence-corrected chi connectivity index (χ3v) is 5.00. The highest BCUT2D eigenvalue weighted by Crippen LogP contribution is 2.21. The van der Waals surface area contributed by atoms with Crippen LogP contribution < -0.4 is 10.2 Å². The molecule has 0 spiro atoms. The van der Waals surface area contributed by atoms with Crippen molar-refractivity contribution in [2.75, 3.05) is 23.3 Å². The number of nitrogens with zero attached hydrogens (tertiary/aromatic N) is 1. The molecule has 0 aliphatic heterocycles. The van der Waals surface area contributed by atoms with Crippen molar-refractivity contribution in [1.82, 2.24) is 0 Å². The lowest BCUT2D eigenvalue weighted by Crippen LogP contribution is -2.26. The Labute approximate surface area is 174 Å². The number of aryl methyl sites for hydroxylation is 2. The summed E-state index contributed by atoms with van der Waals surface area (Å²) in [5.74, 6) is -0.0399. The van der Waals surface area contributed by atoms with Gasteiger partial charge in [0.15, 0.2) is 0 Å². The van der Waals surface area contributed by atoms with Crippen LogP contribution in [0.25, 0.3) is 0 Å². The Hall–Kier alpha value is -3.07. The van der Waals surface area contributed by atoms with Gasteiger partial charge >= 0.3 is 0 Å². The first-order valence-corrected chi connectivity index (χ1v) is 10.4. The predicted molar refractivity (Wildman–Crippen MR) is 122 cm³/mol. The molecule has 0 saturated carbocycles. The number of benzene rings is 3. The molecule has 0 unspecified atom stereocenters. The molecule has 0 radical (unpaired) electrons. The minimum atomic E-state index is -0.0399. The van der Waals surface area contributed by atoms with Crippen LogP contribution in [0.2, 0.25) is 0 Å². The van der Waals surface area contributed by atoms with Gasteiger partial charge in [0.05, 0.1) is 0 Å². The van der Waals surface area contributed by atoms with Crippen LogP contribution in [0.4, 0.5) is 11.4 Å². The fraction of sp³-hybridized carbons (Fsp3) is 0.269. The first-order valence-electron chi connectivity index (χ1n) is 10.4. The van der Waals surface area contributed by atoms with Gasteiger partial charge in [-0.2, -0.15) is 0 Å². The number of amides is 1. The average Bonchev–Trinajstić information content (AvgIpc) is 2.74. The van der Waals surface area contributed by atoms with Crippen LogP contribution in [0.1, 0.15) is 30.9 Å². The van der Waals surface area contributed by atoms with Crippen molar-refractivity contribution in [2.45, 2.75) is 32.6 Å². The third kappa shape index (κ3) is 7.11. The van der Waals surface area contributed by atoms with Crippen molar-refractivity contribution >= 4 is 17.3 Å². The standard InChI is InChI=1S/C26H30N2O/c1-22(29)27-25-17-8-18-26(21-25)28(19-9-15-23-11-4-2-5-12-23)20-10-16-24-13-6-3-7-14-24/h2-8,11-14,17-18,21H,9-10,15-16,19-20H2,1H3,(H,27,29). The summed E-state index contributed by atoms with van der Waals surface area (Å²) in [6.45, 7) is 3.53. The smallest absolute Gasteiger partial charge is 0.221 e. The third-order valence-electron chi connectivity index (χ3n) is 5.00. The van der Waals surface area contributed by atoms with E-state index in [-0.39, 0.29) is 5.91 Å². The minimum Gasteiger partial charge on any atom is -0.371 e. The Kier molecular flexibility index (Phi) is 7.88. The summed E-state index contributed by atoms with van der Waals surface area (Å²) in [4.78, 5) is 13.9. The molecule has 3 aromatic rings. The SMILES string of the molecule is CC(=O)Nc1cccc(N(CCCc2ccccc2)CCCc2ccccc2)c1. The molecule has 0 aliphatic carbocycles. The van der Waals surface area contributed by atoms with Gasteiger partial charge in [-0.15, -0.1) is 0 Å². The molecule has 3 nitrogen and oxygen atoms in total. The lowest BCUT2D eigenvalue weighted by molar-refractivity contribution is -0.114. The largest absolute Gasteiger partial charge is 0.371 e. The van der Waals surface area contributed by atoms with E-state index >= 15 is 0 Å². The lowest BCUT2D eigenvalue weighted by Gasteiger charge is -2.25. The van der Waals surface area contributed by atoms with E-state index in [2.05, 4.69) is 83.0 Å². The van der Waals surface area contributed by atoms with E-state index in [0.717, 1.165) is 50.1 Å². The molecular formula is C26H30N2O. The van der Waals surface area contributed by atoms with Gasteiger partial charge in [0, 0.05) is 31.4 Å². The quantitative estimate of drug-likeness (QED) is 0.483. The van der Waals surface area contributed by atoms with Gasteiger partial charge in [-0.1, -0.05) is 66.7 Å². The fourth-order valence-corrected chi connectivity index (χ4v) is 3.59. The lowest BCUT2D eigenvalue weighted by atomic mass is 10.1. The maximum atomic E-state index is 11.4. The molecule has 3 heteroatoms. The summed E-state index contributed by atoms with van der Waals surface area (Å²) in [6, 6.07) is 29.5. The average molecular weight is 387 g/mol. The molecule has 0 aromatic heterocycles. The molecule has 0 fully saturated rings. The van der Waals surface area contributed by atoms with Crippen LogP contribution in [0.5, 0.6) is 0 Å². The van der Waals surface area contributed by atoms with Crippen LogP contribution in [-0.2, 0) is 17.6 Å². The van der Waals surface area contributed by atoms with Crippen LogP contribution in [0.3, 0.4) is 0 Å². The second-order valence-electron chi connectivity index (χ2n) is 7.40.